The third-order valence-electron chi connectivity index (χ3n) is 3.17. The summed E-state index contributed by atoms with van der Waals surface area (Å²) in [5, 5.41) is 2.26. The van der Waals surface area contributed by atoms with Crippen molar-refractivity contribution in [3.63, 3.8) is 0 Å². The van der Waals surface area contributed by atoms with Crippen molar-refractivity contribution in [2.45, 2.75) is 38.0 Å². The molecule has 94 valence electrons. The fraction of sp³-hybridized carbons (Fsp3) is 0.900. The molecule has 6 heteroatoms. The van der Waals surface area contributed by atoms with Crippen LogP contribution in [0.15, 0.2) is 0 Å². The standard InChI is InChI=1S/C10H20N2O3S/c1-7(8(2)11)10(13)12-6-9-4-3-5-16(9,14)15/h7-9H,3-6,11H2,1-2H3,(H,12,13). The van der Waals surface area contributed by atoms with E-state index in [4.69, 9.17) is 5.73 Å². The van der Waals surface area contributed by atoms with Gasteiger partial charge in [-0.2, -0.15) is 0 Å². The van der Waals surface area contributed by atoms with E-state index in [1.54, 1.807) is 13.8 Å². The van der Waals surface area contributed by atoms with Gasteiger partial charge in [-0.05, 0) is 19.8 Å². The maximum atomic E-state index is 11.6. The Morgan fingerprint density at radius 3 is 2.56 bits per heavy atom. The largest absolute Gasteiger partial charge is 0.355 e. The molecule has 1 aliphatic heterocycles. The van der Waals surface area contributed by atoms with Gasteiger partial charge >= 0.3 is 0 Å². The van der Waals surface area contributed by atoms with Gasteiger partial charge < -0.3 is 11.1 Å². The Balaban J connectivity index is 2.44. The molecule has 1 aliphatic rings. The molecule has 1 fully saturated rings. The van der Waals surface area contributed by atoms with E-state index < -0.39 is 15.1 Å². The number of nitrogens with two attached hydrogens (primary N) is 1. The zero-order valence-electron chi connectivity index (χ0n) is 9.77. The number of hydrogen-bond acceptors (Lipinski definition) is 4. The van der Waals surface area contributed by atoms with Gasteiger partial charge in [-0.25, -0.2) is 8.42 Å². The fourth-order valence-electron chi connectivity index (χ4n) is 1.70. The number of carbonyl (C=O) groups excluding carboxylic acids is 1. The van der Waals surface area contributed by atoms with Crippen LogP contribution in [0.4, 0.5) is 0 Å². The molecule has 0 aromatic carbocycles. The van der Waals surface area contributed by atoms with Gasteiger partial charge in [0, 0.05) is 18.5 Å². The Labute approximate surface area is 96.7 Å². The number of rotatable bonds is 4. The van der Waals surface area contributed by atoms with Gasteiger partial charge in [0.25, 0.3) is 0 Å². The number of carbonyl (C=O) groups is 1. The van der Waals surface area contributed by atoms with Gasteiger partial charge in [0.15, 0.2) is 9.84 Å². The lowest BCUT2D eigenvalue weighted by molar-refractivity contribution is -0.124. The molecule has 1 saturated heterocycles. The second-order valence-corrected chi connectivity index (χ2v) is 6.92. The SMILES string of the molecule is CC(N)C(C)C(=O)NCC1CCCS1(=O)=O. The van der Waals surface area contributed by atoms with Crippen molar-refractivity contribution in [2.24, 2.45) is 11.7 Å². The molecule has 0 radical (unpaired) electrons. The summed E-state index contributed by atoms with van der Waals surface area (Å²) in [6.45, 7) is 3.72. The second kappa shape index (κ2) is 5.14. The molecule has 3 unspecified atom stereocenters. The van der Waals surface area contributed by atoms with E-state index in [0.29, 0.717) is 12.8 Å². The average molecular weight is 248 g/mol. The highest BCUT2D eigenvalue weighted by atomic mass is 32.2. The highest BCUT2D eigenvalue weighted by molar-refractivity contribution is 7.92. The molecule has 5 nitrogen and oxygen atoms in total. The maximum absolute atomic E-state index is 11.6. The van der Waals surface area contributed by atoms with E-state index in [9.17, 15) is 13.2 Å². The zero-order valence-corrected chi connectivity index (χ0v) is 10.6. The van der Waals surface area contributed by atoms with E-state index in [2.05, 4.69) is 5.32 Å². The lowest BCUT2D eigenvalue weighted by atomic mass is 10.0. The van der Waals surface area contributed by atoms with Crippen molar-refractivity contribution in [3.8, 4) is 0 Å². The molecule has 3 atom stereocenters. The van der Waals surface area contributed by atoms with Gasteiger partial charge in [0.05, 0.1) is 11.0 Å². The average Bonchev–Trinajstić information content (AvgIpc) is 2.52. The van der Waals surface area contributed by atoms with Crippen LogP contribution in [0.1, 0.15) is 26.7 Å². The Hall–Kier alpha value is -0.620. The summed E-state index contributed by atoms with van der Waals surface area (Å²) in [5.41, 5.74) is 5.59. The fourth-order valence-corrected chi connectivity index (χ4v) is 3.47. The first kappa shape index (κ1) is 13.4. The van der Waals surface area contributed by atoms with Crippen LogP contribution in [-0.2, 0) is 14.6 Å². The van der Waals surface area contributed by atoms with Crippen LogP contribution < -0.4 is 11.1 Å². The van der Waals surface area contributed by atoms with Crippen molar-refractivity contribution in [2.75, 3.05) is 12.3 Å². The Morgan fingerprint density at radius 2 is 2.12 bits per heavy atom. The third kappa shape index (κ3) is 3.18. The number of nitrogens with one attached hydrogen (secondary N) is 1. The molecule has 16 heavy (non-hydrogen) atoms. The molecule has 0 saturated carbocycles. The smallest absolute Gasteiger partial charge is 0.224 e. The van der Waals surface area contributed by atoms with Crippen molar-refractivity contribution in [3.05, 3.63) is 0 Å². The first-order chi connectivity index (χ1) is 7.34. The molecule has 0 aliphatic carbocycles. The monoisotopic (exact) mass is 248 g/mol. The lowest BCUT2D eigenvalue weighted by Crippen LogP contribution is -2.42. The van der Waals surface area contributed by atoms with Crippen molar-refractivity contribution >= 4 is 15.7 Å². The van der Waals surface area contributed by atoms with Crippen molar-refractivity contribution < 1.29 is 13.2 Å². The lowest BCUT2D eigenvalue weighted by Gasteiger charge is -2.17. The van der Waals surface area contributed by atoms with Crippen LogP contribution in [0, 0.1) is 5.92 Å². The molecule has 0 bridgehead atoms. The molecule has 0 spiro atoms. The van der Waals surface area contributed by atoms with Gasteiger partial charge in [-0.3, -0.25) is 4.79 Å². The first-order valence-corrected chi connectivity index (χ1v) is 7.31. The number of sulfone groups is 1. The highest BCUT2D eigenvalue weighted by Crippen LogP contribution is 2.19. The molecular weight excluding hydrogens is 228 g/mol. The predicted molar refractivity (Wildman–Crippen MR) is 62.6 cm³/mol. The summed E-state index contributed by atoms with van der Waals surface area (Å²) in [4.78, 5) is 11.6. The molecule has 0 aromatic rings. The second-order valence-electron chi connectivity index (χ2n) is 4.52. The minimum Gasteiger partial charge on any atom is -0.355 e. The summed E-state index contributed by atoms with van der Waals surface area (Å²) >= 11 is 0. The molecule has 1 amide bonds. The van der Waals surface area contributed by atoms with Crippen LogP contribution in [0.3, 0.4) is 0 Å². The highest BCUT2D eigenvalue weighted by Gasteiger charge is 2.31. The first-order valence-electron chi connectivity index (χ1n) is 5.59. The maximum Gasteiger partial charge on any atom is 0.224 e. The van der Waals surface area contributed by atoms with Crippen LogP contribution in [0.25, 0.3) is 0 Å². The van der Waals surface area contributed by atoms with E-state index in [1.165, 1.54) is 0 Å². The Bertz CT molecular complexity index is 351. The molecule has 1 rings (SSSR count). The third-order valence-corrected chi connectivity index (χ3v) is 5.44. The Kier molecular flexibility index (Phi) is 4.32. The van der Waals surface area contributed by atoms with Gasteiger partial charge in [0.1, 0.15) is 0 Å². The van der Waals surface area contributed by atoms with Crippen LogP contribution >= 0.6 is 0 Å². The molecule has 1 heterocycles. The summed E-state index contributed by atoms with van der Waals surface area (Å²) < 4.78 is 23.0. The number of hydrogen-bond donors (Lipinski definition) is 2. The van der Waals surface area contributed by atoms with E-state index in [-0.39, 0.29) is 30.2 Å². The van der Waals surface area contributed by atoms with E-state index in [1.807, 2.05) is 0 Å². The van der Waals surface area contributed by atoms with E-state index in [0.717, 1.165) is 0 Å². The van der Waals surface area contributed by atoms with Crippen LogP contribution in [0.2, 0.25) is 0 Å². The van der Waals surface area contributed by atoms with Crippen molar-refractivity contribution in [1.29, 1.82) is 0 Å². The molecular formula is C10H20N2O3S. The number of amides is 1. The summed E-state index contributed by atoms with van der Waals surface area (Å²) in [5.74, 6) is -0.211. The molecule has 0 aromatic heterocycles. The summed E-state index contributed by atoms with van der Waals surface area (Å²) in [6, 6.07) is -0.222. The Morgan fingerprint density at radius 1 is 1.50 bits per heavy atom. The minimum absolute atomic E-state index is 0.169. The minimum atomic E-state index is -2.97. The van der Waals surface area contributed by atoms with Crippen LogP contribution in [0.5, 0.6) is 0 Å². The topological polar surface area (TPSA) is 89.3 Å². The van der Waals surface area contributed by atoms with Gasteiger partial charge in [-0.1, -0.05) is 6.92 Å². The van der Waals surface area contributed by atoms with Gasteiger partial charge in [0.2, 0.25) is 5.91 Å². The summed E-state index contributed by atoms with van der Waals surface area (Å²) in [7, 11) is -2.97. The van der Waals surface area contributed by atoms with Gasteiger partial charge in [-0.15, -0.1) is 0 Å². The molecule has 3 N–H and O–H groups in total. The quantitative estimate of drug-likeness (QED) is 0.712. The predicted octanol–water partition coefficient (Wildman–Crippen LogP) is -0.337. The zero-order chi connectivity index (χ0) is 12.3. The summed E-state index contributed by atoms with van der Waals surface area (Å²) in [6.07, 6.45) is 1.35. The van der Waals surface area contributed by atoms with Crippen molar-refractivity contribution in [1.82, 2.24) is 5.32 Å². The van der Waals surface area contributed by atoms with Crippen LogP contribution in [-0.4, -0.2) is 37.9 Å². The normalized spacial score (nSPS) is 27.3. The van der Waals surface area contributed by atoms with E-state index >= 15 is 0 Å².